The van der Waals surface area contributed by atoms with E-state index in [1.54, 1.807) is 6.07 Å². The Morgan fingerprint density at radius 2 is 2.00 bits per heavy atom. The van der Waals surface area contributed by atoms with Gasteiger partial charge in [0, 0.05) is 24.6 Å². The monoisotopic (exact) mass is 469 g/mol. The lowest BCUT2D eigenvalue weighted by atomic mass is 10.1. The molecule has 0 unspecified atom stereocenters. The largest absolute Gasteiger partial charge is 0.428 e. The van der Waals surface area contributed by atoms with Crippen LogP contribution in [0.1, 0.15) is 5.89 Å². The van der Waals surface area contributed by atoms with E-state index in [-0.39, 0.29) is 11.8 Å². The Hall–Kier alpha value is -4.12. The molecule has 0 atom stereocenters. The predicted molar refractivity (Wildman–Crippen MR) is 115 cm³/mol. The zero-order valence-corrected chi connectivity index (χ0v) is 17.5. The Labute approximate surface area is 189 Å². The molecular weight excluding hydrogens is 456 g/mol. The zero-order chi connectivity index (χ0) is 22.8. The van der Waals surface area contributed by atoms with Crippen molar-refractivity contribution < 1.29 is 17.9 Å². The number of nitrogens with one attached hydrogen (secondary N) is 2. The maximum atomic E-state index is 14.1. The molecule has 9 nitrogen and oxygen atoms in total. The summed E-state index contributed by atoms with van der Waals surface area (Å²) in [5, 5.41) is 18.9. The fraction of sp³-hybridized carbons (Fsp3) is 0.0952. The lowest BCUT2D eigenvalue weighted by molar-refractivity contribution is 0.410. The number of ether oxygens (including phenoxy) is 1. The van der Waals surface area contributed by atoms with Crippen molar-refractivity contribution in [1.82, 2.24) is 30.4 Å². The van der Waals surface area contributed by atoms with Gasteiger partial charge < -0.3 is 14.5 Å². The second-order valence-electron chi connectivity index (χ2n) is 6.82. The number of H-pyrrole nitrogens is 1. The van der Waals surface area contributed by atoms with Gasteiger partial charge in [0.1, 0.15) is 17.3 Å². The van der Waals surface area contributed by atoms with Crippen molar-refractivity contribution >= 4 is 28.5 Å². The zero-order valence-electron chi connectivity index (χ0n) is 16.7. The molecule has 12 heteroatoms. The standard InChI is InChI=1S/C21H14ClF2N7O2/c22-13-4-2-1-3-12(13)18-17-19(25-8-7-16-29-26-10-32-16)27-21(28-20(17)31-30-18)33-15-6-5-11(23)9-14(15)24/h1-6,9-10H,7-8H2,(H2,25,27,28,30,31). The molecule has 166 valence electrons. The molecule has 0 saturated carbocycles. The van der Waals surface area contributed by atoms with Crippen molar-refractivity contribution in [3.63, 3.8) is 0 Å². The SMILES string of the molecule is Fc1ccc(Oc2nc(NCCc3nnco3)c3c(-c4ccccc4Cl)n[nH]c3n2)c(F)c1. The molecule has 0 amide bonds. The van der Waals surface area contributed by atoms with E-state index in [2.05, 4.69) is 35.7 Å². The number of fused-ring (bicyclic) bond motifs is 1. The Kier molecular flexibility index (Phi) is 5.53. The molecule has 0 spiro atoms. The van der Waals surface area contributed by atoms with Crippen LogP contribution in [-0.2, 0) is 6.42 Å². The highest BCUT2D eigenvalue weighted by molar-refractivity contribution is 6.33. The fourth-order valence-electron chi connectivity index (χ4n) is 3.18. The van der Waals surface area contributed by atoms with Crippen LogP contribution >= 0.6 is 11.6 Å². The summed E-state index contributed by atoms with van der Waals surface area (Å²) in [5.74, 6) is -1.03. The number of aromatic amines is 1. The van der Waals surface area contributed by atoms with E-state index in [9.17, 15) is 8.78 Å². The summed E-state index contributed by atoms with van der Waals surface area (Å²) >= 11 is 6.37. The molecule has 2 aromatic carbocycles. The van der Waals surface area contributed by atoms with E-state index in [0.29, 0.717) is 58.1 Å². The molecule has 5 rings (SSSR count). The van der Waals surface area contributed by atoms with Crippen molar-refractivity contribution in [1.29, 1.82) is 0 Å². The Balaban J connectivity index is 1.55. The number of aromatic nitrogens is 6. The van der Waals surface area contributed by atoms with Crippen LogP contribution in [0.5, 0.6) is 11.8 Å². The van der Waals surface area contributed by atoms with Gasteiger partial charge in [-0.3, -0.25) is 5.10 Å². The number of anilines is 1. The minimum absolute atomic E-state index is 0.164. The van der Waals surface area contributed by atoms with Crippen LogP contribution in [-0.4, -0.2) is 36.9 Å². The summed E-state index contributed by atoms with van der Waals surface area (Å²) < 4.78 is 38.0. The molecule has 2 N–H and O–H groups in total. The van der Waals surface area contributed by atoms with Crippen molar-refractivity contribution in [2.24, 2.45) is 0 Å². The molecule has 0 aliphatic rings. The maximum Gasteiger partial charge on any atom is 0.326 e. The molecule has 0 saturated heterocycles. The Morgan fingerprint density at radius 3 is 2.79 bits per heavy atom. The molecule has 33 heavy (non-hydrogen) atoms. The second-order valence-corrected chi connectivity index (χ2v) is 7.22. The number of rotatable bonds is 7. The van der Waals surface area contributed by atoms with Gasteiger partial charge in [-0.2, -0.15) is 15.1 Å². The molecule has 0 bridgehead atoms. The van der Waals surface area contributed by atoms with E-state index in [1.807, 2.05) is 18.2 Å². The van der Waals surface area contributed by atoms with Crippen molar-refractivity contribution in [3.8, 4) is 23.0 Å². The molecule has 0 fully saturated rings. The maximum absolute atomic E-state index is 14.1. The summed E-state index contributed by atoms with van der Waals surface area (Å²) in [7, 11) is 0. The third-order valence-corrected chi connectivity index (χ3v) is 4.99. The smallest absolute Gasteiger partial charge is 0.326 e. The first-order chi connectivity index (χ1) is 16.1. The van der Waals surface area contributed by atoms with E-state index >= 15 is 0 Å². The topological polar surface area (TPSA) is 115 Å². The first-order valence-electron chi connectivity index (χ1n) is 9.71. The normalized spacial score (nSPS) is 11.1. The summed E-state index contributed by atoms with van der Waals surface area (Å²) in [6.07, 6.45) is 1.67. The first kappa shape index (κ1) is 20.8. The Bertz CT molecular complexity index is 1430. The van der Waals surface area contributed by atoms with Gasteiger partial charge in [-0.05, 0) is 18.2 Å². The lowest BCUT2D eigenvalue weighted by Gasteiger charge is -2.10. The summed E-state index contributed by atoms with van der Waals surface area (Å²) in [6.45, 7) is 0.381. The summed E-state index contributed by atoms with van der Waals surface area (Å²) in [5.41, 5.74) is 1.53. The van der Waals surface area contributed by atoms with Crippen LogP contribution in [0.3, 0.4) is 0 Å². The number of hydrogen-bond donors (Lipinski definition) is 2. The average molecular weight is 470 g/mol. The molecule has 0 aliphatic heterocycles. The van der Waals surface area contributed by atoms with E-state index in [4.69, 9.17) is 20.8 Å². The van der Waals surface area contributed by atoms with Gasteiger partial charge in [0.05, 0.1) is 10.4 Å². The van der Waals surface area contributed by atoms with Crippen molar-refractivity contribution in [3.05, 3.63) is 71.4 Å². The van der Waals surface area contributed by atoms with Crippen molar-refractivity contribution in [2.75, 3.05) is 11.9 Å². The van der Waals surface area contributed by atoms with Crippen LogP contribution in [0, 0.1) is 11.6 Å². The van der Waals surface area contributed by atoms with Gasteiger partial charge in [-0.1, -0.05) is 29.8 Å². The number of benzene rings is 2. The summed E-state index contributed by atoms with van der Waals surface area (Å²) in [6, 6.07) is 9.99. The van der Waals surface area contributed by atoms with Crippen LogP contribution in [0.2, 0.25) is 5.02 Å². The predicted octanol–water partition coefficient (Wildman–Crippen LogP) is 4.78. The Morgan fingerprint density at radius 1 is 1.12 bits per heavy atom. The average Bonchev–Trinajstić information content (AvgIpc) is 3.46. The van der Waals surface area contributed by atoms with E-state index in [0.717, 1.165) is 12.1 Å². The van der Waals surface area contributed by atoms with Gasteiger partial charge in [-0.15, -0.1) is 10.2 Å². The van der Waals surface area contributed by atoms with E-state index < -0.39 is 11.6 Å². The number of halogens is 3. The van der Waals surface area contributed by atoms with Gasteiger partial charge in [0.2, 0.25) is 12.3 Å². The van der Waals surface area contributed by atoms with Gasteiger partial charge in [-0.25, -0.2) is 8.78 Å². The van der Waals surface area contributed by atoms with Crippen LogP contribution in [0.4, 0.5) is 14.6 Å². The molecular formula is C21H14ClF2N7O2. The van der Waals surface area contributed by atoms with Crippen LogP contribution in [0.25, 0.3) is 22.3 Å². The minimum atomic E-state index is -0.883. The highest BCUT2D eigenvalue weighted by Crippen LogP contribution is 2.35. The third-order valence-electron chi connectivity index (χ3n) is 4.66. The van der Waals surface area contributed by atoms with Gasteiger partial charge in [0.25, 0.3) is 0 Å². The molecule has 3 aromatic heterocycles. The highest BCUT2D eigenvalue weighted by Gasteiger charge is 2.20. The van der Waals surface area contributed by atoms with Gasteiger partial charge >= 0.3 is 6.01 Å². The molecule has 5 aromatic rings. The van der Waals surface area contributed by atoms with Gasteiger partial charge in [0.15, 0.2) is 17.2 Å². The minimum Gasteiger partial charge on any atom is -0.428 e. The highest BCUT2D eigenvalue weighted by atomic mass is 35.5. The van der Waals surface area contributed by atoms with Crippen LogP contribution in [0.15, 0.2) is 53.3 Å². The third kappa shape index (κ3) is 4.30. The molecule has 0 radical (unpaired) electrons. The second kappa shape index (κ2) is 8.79. The number of hydrogen-bond acceptors (Lipinski definition) is 8. The van der Waals surface area contributed by atoms with Crippen molar-refractivity contribution in [2.45, 2.75) is 6.42 Å². The van der Waals surface area contributed by atoms with E-state index in [1.165, 1.54) is 6.39 Å². The fourth-order valence-corrected chi connectivity index (χ4v) is 3.41. The number of nitrogens with zero attached hydrogens (tertiary/aromatic N) is 5. The van der Waals surface area contributed by atoms with Crippen LogP contribution < -0.4 is 10.1 Å². The lowest BCUT2D eigenvalue weighted by Crippen LogP contribution is -2.08. The summed E-state index contributed by atoms with van der Waals surface area (Å²) in [4.78, 5) is 8.68. The quantitative estimate of drug-likeness (QED) is 0.350. The first-order valence-corrected chi connectivity index (χ1v) is 10.1. The molecule has 3 heterocycles. The molecule has 0 aliphatic carbocycles.